The number of carbonyl (C=O) groups excluding carboxylic acids is 1. The lowest BCUT2D eigenvalue weighted by atomic mass is 9.95. The molecule has 0 aliphatic carbocycles. The molecule has 2 rings (SSSR count). The fraction of sp³-hybridized carbons (Fsp3) is 0.588. The summed E-state index contributed by atoms with van der Waals surface area (Å²) < 4.78 is 10.5. The number of benzene rings is 1. The van der Waals surface area contributed by atoms with Gasteiger partial charge in [-0.25, -0.2) is 4.79 Å². The highest BCUT2D eigenvalue weighted by molar-refractivity contribution is 6.92. The SMILES string of the molecule is CC1(C)OC(=O)O[C@@H]1c1ccc([Si](C)(C)C(C)(C)C)cc1. The first-order valence-electron chi connectivity index (χ1n) is 7.45. The van der Waals surface area contributed by atoms with Crippen LogP contribution in [0.25, 0.3) is 0 Å². The Balaban J connectivity index is 2.30. The Morgan fingerprint density at radius 1 is 1.10 bits per heavy atom. The molecule has 1 aromatic rings. The highest BCUT2D eigenvalue weighted by Crippen LogP contribution is 2.39. The monoisotopic (exact) mass is 306 g/mol. The maximum atomic E-state index is 11.4. The third-order valence-electron chi connectivity index (χ3n) is 5.00. The van der Waals surface area contributed by atoms with Crippen LogP contribution in [0, 0.1) is 0 Å². The molecule has 1 atom stereocenters. The minimum Gasteiger partial charge on any atom is -0.424 e. The second kappa shape index (κ2) is 4.87. The first-order valence-corrected chi connectivity index (χ1v) is 10.5. The van der Waals surface area contributed by atoms with E-state index >= 15 is 0 Å². The molecule has 3 nitrogen and oxygen atoms in total. The summed E-state index contributed by atoms with van der Waals surface area (Å²) in [7, 11) is -1.53. The minimum absolute atomic E-state index is 0.302. The molecule has 116 valence electrons. The van der Waals surface area contributed by atoms with Crippen LogP contribution in [0.15, 0.2) is 24.3 Å². The number of carbonyl (C=O) groups is 1. The first-order chi connectivity index (χ1) is 9.45. The van der Waals surface area contributed by atoms with Crippen LogP contribution >= 0.6 is 0 Å². The molecule has 1 aromatic carbocycles. The molecule has 1 heterocycles. The Labute approximate surface area is 128 Å². The van der Waals surface area contributed by atoms with Crippen LogP contribution in [-0.4, -0.2) is 19.8 Å². The lowest BCUT2D eigenvalue weighted by Crippen LogP contribution is -2.49. The molecule has 0 spiro atoms. The van der Waals surface area contributed by atoms with Crippen molar-refractivity contribution in [2.24, 2.45) is 0 Å². The summed E-state index contributed by atoms with van der Waals surface area (Å²) in [5.74, 6) is 0. The molecule has 1 aliphatic rings. The van der Waals surface area contributed by atoms with Crippen molar-refractivity contribution in [1.82, 2.24) is 0 Å². The van der Waals surface area contributed by atoms with Crippen LogP contribution < -0.4 is 5.19 Å². The fourth-order valence-corrected chi connectivity index (χ4v) is 4.37. The van der Waals surface area contributed by atoms with Crippen LogP contribution in [0.5, 0.6) is 0 Å². The van der Waals surface area contributed by atoms with Gasteiger partial charge in [0.1, 0.15) is 0 Å². The van der Waals surface area contributed by atoms with Crippen molar-refractivity contribution in [2.75, 3.05) is 0 Å². The van der Waals surface area contributed by atoms with Crippen molar-refractivity contribution >= 4 is 19.4 Å². The number of hydrogen-bond donors (Lipinski definition) is 0. The summed E-state index contributed by atoms with van der Waals surface area (Å²) >= 11 is 0. The van der Waals surface area contributed by atoms with Crippen molar-refractivity contribution in [3.8, 4) is 0 Å². The minimum atomic E-state index is -1.53. The molecule has 1 fully saturated rings. The van der Waals surface area contributed by atoms with E-state index in [1.807, 2.05) is 13.8 Å². The van der Waals surface area contributed by atoms with Gasteiger partial charge in [0.15, 0.2) is 11.7 Å². The normalized spacial score (nSPS) is 21.9. The molecule has 1 saturated heterocycles. The number of cyclic esters (lactones) is 2. The number of rotatable bonds is 2. The van der Waals surface area contributed by atoms with E-state index in [1.54, 1.807) is 0 Å². The summed E-state index contributed by atoms with van der Waals surface area (Å²) in [6.45, 7) is 15.5. The van der Waals surface area contributed by atoms with Crippen LogP contribution in [0.2, 0.25) is 18.1 Å². The van der Waals surface area contributed by atoms with Crippen LogP contribution in [0.3, 0.4) is 0 Å². The standard InChI is InChI=1S/C17H26O3Si/c1-16(2,3)21(6,7)13-10-8-12(9-11-13)14-17(4,5)20-15(18)19-14/h8-11,14H,1-7H3/t14-/m1/s1. The quantitative estimate of drug-likeness (QED) is 0.600. The third kappa shape index (κ3) is 2.86. The average Bonchev–Trinajstić information content (AvgIpc) is 2.61. The van der Waals surface area contributed by atoms with E-state index in [1.165, 1.54) is 5.19 Å². The van der Waals surface area contributed by atoms with Crippen LogP contribution in [0.1, 0.15) is 46.3 Å². The van der Waals surface area contributed by atoms with E-state index < -0.39 is 19.8 Å². The zero-order valence-electron chi connectivity index (χ0n) is 14.1. The van der Waals surface area contributed by atoms with Crippen molar-refractivity contribution in [2.45, 2.75) is 64.5 Å². The van der Waals surface area contributed by atoms with Crippen molar-refractivity contribution in [3.05, 3.63) is 29.8 Å². The maximum absolute atomic E-state index is 11.4. The van der Waals surface area contributed by atoms with Gasteiger partial charge in [0.05, 0.1) is 8.07 Å². The average molecular weight is 306 g/mol. The Morgan fingerprint density at radius 3 is 2.00 bits per heavy atom. The van der Waals surface area contributed by atoms with Gasteiger partial charge in [0.2, 0.25) is 0 Å². The maximum Gasteiger partial charge on any atom is 0.509 e. The lowest BCUT2D eigenvalue weighted by Gasteiger charge is -2.37. The Morgan fingerprint density at radius 2 is 1.62 bits per heavy atom. The second-order valence-electron chi connectivity index (χ2n) is 7.95. The predicted octanol–water partition coefficient (Wildman–Crippen LogP) is 4.39. The van der Waals surface area contributed by atoms with Crippen LogP contribution in [-0.2, 0) is 9.47 Å². The molecule has 4 heteroatoms. The van der Waals surface area contributed by atoms with Crippen molar-refractivity contribution in [3.63, 3.8) is 0 Å². The molecular weight excluding hydrogens is 280 g/mol. The zero-order valence-corrected chi connectivity index (χ0v) is 15.1. The smallest absolute Gasteiger partial charge is 0.424 e. The zero-order chi connectivity index (χ0) is 16.1. The van der Waals surface area contributed by atoms with E-state index in [-0.39, 0.29) is 6.10 Å². The van der Waals surface area contributed by atoms with Gasteiger partial charge >= 0.3 is 6.16 Å². The lowest BCUT2D eigenvalue weighted by molar-refractivity contribution is 0.0642. The Hall–Kier alpha value is -1.29. The summed E-state index contributed by atoms with van der Waals surface area (Å²) in [6, 6.07) is 8.53. The fourth-order valence-electron chi connectivity index (χ4n) is 2.51. The predicted molar refractivity (Wildman–Crippen MR) is 87.7 cm³/mol. The van der Waals surface area contributed by atoms with Gasteiger partial charge < -0.3 is 9.47 Å². The molecule has 0 saturated carbocycles. The molecule has 0 bridgehead atoms. The van der Waals surface area contributed by atoms with E-state index in [0.29, 0.717) is 5.04 Å². The number of hydrogen-bond acceptors (Lipinski definition) is 3. The van der Waals surface area contributed by atoms with Crippen molar-refractivity contribution in [1.29, 1.82) is 0 Å². The van der Waals surface area contributed by atoms with Gasteiger partial charge in [-0.15, -0.1) is 0 Å². The second-order valence-corrected chi connectivity index (χ2v) is 13.3. The molecule has 0 unspecified atom stereocenters. The molecular formula is C17H26O3Si. The first kappa shape index (κ1) is 16.1. The Kier molecular flexibility index (Phi) is 3.73. The largest absolute Gasteiger partial charge is 0.509 e. The highest BCUT2D eigenvalue weighted by atomic mass is 28.3. The topological polar surface area (TPSA) is 35.5 Å². The summed E-state index contributed by atoms with van der Waals surface area (Å²) in [6.07, 6.45) is -0.920. The van der Waals surface area contributed by atoms with E-state index in [2.05, 4.69) is 58.1 Å². The summed E-state index contributed by atoms with van der Waals surface area (Å²) in [5, 5.41) is 1.72. The summed E-state index contributed by atoms with van der Waals surface area (Å²) in [5.41, 5.74) is 0.378. The third-order valence-corrected chi connectivity index (χ3v) is 10.5. The Bertz CT molecular complexity index is 538. The van der Waals surface area contributed by atoms with Gasteiger partial charge in [0, 0.05) is 0 Å². The molecule has 0 aromatic heterocycles. The molecule has 0 radical (unpaired) electrons. The van der Waals surface area contributed by atoms with Gasteiger partial charge in [0.25, 0.3) is 0 Å². The van der Waals surface area contributed by atoms with E-state index in [9.17, 15) is 4.79 Å². The molecule has 0 N–H and O–H groups in total. The van der Waals surface area contributed by atoms with Gasteiger partial charge in [-0.3, -0.25) is 0 Å². The summed E-state index contributed by atoms with van der Waals surface area (Å²) in [4.78, 5) is 11.4. The van der Waals surface area contributed by atoms with Gasteiger partial charge in [-0.2, -0.15) is 0 Å². The van der Waals surface area contributed by atoms with E-state index in [4.69, 9.17) is 9.47 Å². The highest BCUT2D eigenvalue weighted by Gasteiger charge is 2.45. The molecule has 21 heavy (non-hydrogen) atoms. The van der Waals surface area contributed by atoms with Crippen LogP contribution in [0.4, 0.5) is 4.79 Å². The number of ether oxygens (including phenoxy) is 2. The molecule has 1 aliphatic heterocycles. The van der Waals surface area contributed by atoms with E-state index in [0.717, 1.165) is 5.56 Å². The van der Waals surface area contributed by atoms with Gasteiger partial charge in [-0.05, 0) is 24.4 Å². The van der Waals surface area contributed by atoms with Gasteiger partial charge in [-0.1, -0.05) is 63.3 Å². The van der Waals surface area contributed by atoms with Crippen molar-refractivity contribution < 1.29 is 14.3 Å². The molecule has 0 amide bonds.